The molecular formula is C34H60. The fourth-order valence-electron chi connectivity index (χ4n) is 6.27. The summed E-state index contributed by atoms with van der Waals surface area (Å²) in [6, 6.07) is 0. The zero-order valence-electron chi connectivity index (χ0n) is 24.4. The van der Waals surface area contributed by atoms with Gasteiger partial charge >= 0.3 is 0 Å². The predicted molar refractivity (Wildman–Crippen MR) is 153 cm³/mol. The maximum Gasteiger partial charge on any atom is 0.0206 e. The lowest BCUT2D eigenvalue weighted by Crippen LogP contribution is -2.13. The van der Waals surface area contributed by atoms with Gasteiger partial charge in [-0.15, -0.1) is 0 Å². The fourth-order valence-corrected chi connectivity index (χ4v) is 6.27. The lowest BCUT2D eigenvalue weighted by atomic mass is 9.79. The summed E-state index contributed by atoms with van der Waals surface area (Å²) < 4.78 is 0. The van der Waals surface area contributed by atoms with Crippen molar-refractivity contribution in [2.45, 2.75) is 158 Å². The first kappa shape index (κ1) is 29.5. The minimum Gasteiger partial charge on any atom is -0.0948 e. The molecule has 0 N–H and O–H groups in total. The summed E-state index contributed by atoms with van der Waals surface area (Å²) in [4.78, 5) is 0. The second kappa shape index (κ2) is 14.8. The molecule has 0 aromatic carbocycles. The molecule has 34 heavy (non-hydrogen) atoms. The molecule has 2 rings (SSSR count). The summed E-state index contributed by atoms with van der Waals surface area (Å²) in [5, 5.41) is 0. The van der Waals surface area contributed by atoms with Crippen LogP contribution in [-0.4, -0.2) is 0 Å². The smallest absolute Gasteiger partial charge is 0.0206 e. The Morgan fingerprint density at radius 1 is 0.647 bits per heavy atom. The van der Waals surface area contributed by atoms with Crippen molar-refractivity contribution in [3.63, 3.8) is 0 Å². The van der Waals surface area contributed by atoms with Crippen LogP contribution in [0.1, 0.15) is 158 Å². The number of hydrogen-bond acceptors (Lipinski definition) is 0. The van der Waals surface area contributed by atoms with Gasteiger partial charge in [-0.05, 0) is 85.5 Å². The van der Waals surface area contributed by atoms with Gasteiger partial charge in [-0.25, -0.2) is 0 Å². The Labute approximate surface area is 215 Å². The van der Waals surface area contributed by atoms with E-state index in [4.69, 9.17) is 0 Å². The zero-order chi connectivity index (χ0) is 25.0. The molecule has 196 valence electrons. The molecular weight excluding hydrogens is 408 g/mol. The Morgan fingerprint density at radius 2 is 1.21 bits per heavy atom. The van der Waals surface area contributed by atoms with E-state index >= 15 is 0 Å². The first-order valence-corrected chi connectivity index (χ1v) is 15.3. The monoisotopic (exact) mass is 468 g/mol. The van der Waals surface area contributed by atoms with Gasteiger partial charge in [0.25, 0.3) is 0 Å². The van der Waals surface area contributed by atoms with Crippen molar-refractivity contribution in [2.75, 3.05) is 0 Å². The maximum absolute atomic E-state index is 3.85. The Balaban J connectivity index is 2.12. The highest BCUT2D eigenvalue weighted by Crippen LogP contribution is 2.34. The molecule has 0 saturated heterocycles. The van der Waals surface area contributed by atoms with Gasteiger partial charge in [0.1, 0.15) is 0 Å². The molecule has 0 nitrogen and oxygen atoms in total. The summed E-state index contributed by atoms with van der Waals surface area (Å²) in [5.41, 5.74) is 2.44. The van der Waals surface area contributed by atoms with E-state index in [0.717, 1.165) is 11.8 Å². The van der Waals surface area contributed by atoms with Crippen molar-refractivity contribution in [1.82, 2.24) is 0 Å². The minimum absolute atomic E-state index is 0.488. The van der Waals surface area contributed by atoms with Crippen LogP contribution in [0.15, 0.2) is 11.6 Å². The topological polar surface area (TPSA) is 0 Å². The Hall–Kier alpha value is -0.700. The van der Waals surface area contributed by atoms with E-state index in [0.29, 0.717) is 22.7 Å². The van der Waals surface area contributed by atoms with Crippen molar-refractivity contribution in [3.05, 3.63) is 11.6 Å². The number of rotatable bonds is 0. The molecule has 0 bridgehead atoms. The van der Waals surface area contributed by atoms with Crippen LogP contribution in [0, 0.1) is 46.3 Å². The molecule has 2 aliphatic carbocycles. The van der Waals surface area contributed by atoms with Gasteiger partial charge in [-0.2, -0.15) is 0 Å². The van der Waals surface area contributed by atoms with Crippen molar-refractivity contribution < 1.29 is 0 Å². The van der Waals surface area contributed by atoms with E-state index in [1.807, 2.05) is 0 Å². The van der Waals surface area contributed by atoms with Gasteiger partial charge in [-0.1, -0.05) is 124 Å². The fraction of sp³-hybridized carbons (Fsp3) is 0.882. The highest BCUT2D eigenvalue weighted by molar-refractivity contribution is 5.30. The second-order valence-electron chi connectivity index (χ2n) is 14.1. The number of hydrogen-bond donors (Lipinski definition) is 0. The third kappa shape index (κ3) is 12.3. The number of allylic oxidation sites excluding steroid dienone is 2. The van der Waals surface area contributed by atoms with E-state index < -0.39 is 0 Å². The summed E-state index contributed by atoms with van der Waals surface area (Å²) in [5.74, 6) is 10.5. The first-order chi connectivity index (χ1) is 16.1. The van der Waals surface area contributed by atoms with Crippen molar-refractivity contribution in [2.24, 2.45) is 34.5 Å². The maximum atomic E-state index is 3.85. The molecule has 0 amide bonds. The molecule has 1 saturated carbocycles. The second-order valence-corrected chi connectivity index (χ2v) is 14.1. The van der Waals surface area contributed by atoms with E-state index in [2.05, 4.69) is 66.4 Å². The van der Waals surface area contributed by atoms with Gasteiger partial charge in [0.2, 0.25) is 0 Å². The molecule has 2 aliphatic rings. The first-order valence-electron chi connectivity index (χ1n) is 15.3. The van der Waals surface area contributed by atoms with Crippen LogP contribution in [0.25, 0.3) is 0 Å². The molecule has 4 unspecified atom stereocenters. The summed E-state index contributed by atoms with van der Waals surface area (Å²) in [6.07, 6.45) is 25.7. The molecule has 0 aromatic rings. The van der Waals surface area contributed by atoms with Crippen LogP contribution in [0.2, 0.25) is 0 Å². The zero-order valence-corrected chi connectivity index (χ0v) is 24.4. The molecule has 0 aromatic heterocycles. The Bertz CT molecular complexity index is 651. The highest BCUT2D eigenvalue weighted by Gasteiger charge is 2.21. The molecule has 0 radical (unpaired) electrons. The molecule has 0 spiro atoms. The van der Waals surface area contributed by atoms with Crippen LogP contribution in [0.5, 0.6) is 0 Å². The predicted octanol–water partition coefficient (Wildman–Crippen LogP) is 11.2. The molecule has 4 atom stereocenters. The van der Waals surface area contributed by atoms with E-state index in [1.165, 1.54) is 115 Å². The third-order valence-electron chi connectivity index (χ3n) is 9.32. The summed E-state index contributed by atoms with van der Waals surface area (Å²) in [7, 11) is 0. The highest BCUT2D eigenvalue weighted by atomic mass is 14.3. The molecule has 0 heteroatoms. The van der Waals surface area contributed by atoms with Crippen LogP contribution >= 0.6 is 0 Å². The normalized spacial score (nSPS) is 32.7. The SMILES string of the molecule is CC1CCCCC(C)(C)CCCC(C#CC2=CC(C)C(C)CCCCC(C)(C)CCC2)CCC1. The van der Waals surface area contributed by atoms with Crippen LogP contribution in [-0.2, 0) is 0 Å². The largest absolute Gasteiger partial charge is 0.0948 e. The van der Waals surface area contributed by atoms with Gasteiger partial charge in [0.15, 0.2) is 0 Å². The average molecular weight is 469 g/mol. The lowest BCUT2D eigenvalue weighted by molar-refractivity contribution is 0.278. The van der Waals surface area contributed by atoms with Crippen LogP contribution in [0.3, 0.4) is 0 Å². The van der Waals surface area contributed by atoms with Crippen molar-refractivity contribution >= 4 is 0 Å². The van der Waals surface area contributed by atoms with Crippen LogP contribution < -0.4 is 0 Å². The van der Waals surface area contributed by atoms with E-state index in [1.54, 1.807) is 0 Å². The third-order valence-corrected chi connectivity index (χ3v) is 9.32. The molecule has 0 heterocycles. The van der Waals surface area contributed by atoms with Gasteiger partial charge in [0.05, 0.1) is 0 Å². The van der Waals surface area contributed by atoms with E-state index in [-0.39, 0.29) is 0 Å². The Morgan fingerprint density at radius 3 is 1.91 bits per heavy atom. The van der Waals surface area contributed by atoms with Gasteiger partial charge < -0.3 is 0 Å². The van der Waals surface area contributed by atoms with Crippen LogP contribution in [0.4, 0.5) is 0 Å². The summed E-state index contributed by atoms with van der Waals surface area (Å²) in [6.45, 7) is 17.3. The summed E-state index contributed by atoms with van der Waals surface area (Å²) >= 11 is 0. The van der Waals surface area contributed by atoms with Gasteiger partial charge in [-0.3, -0.25) is 0 Å². The van der Waals surface area contributed by atoms with Crippen molar-refractivity contribution in [3.8, 4) is 11.8 Å². The average Bonchev–Trinajstić information content (AvgIpc) is 2.76. The lowest BCUT2D eigenvalue weighted by Gasteiger charge is -2.26. The minimum atomic E-state index is 0.488. The molecule has 1 fully saturated rings. The quantitative estimate of drug-likeness (QED) is 0.310. The standard InChI is InChI=1S/C34H60/c1-28-15-8-10-23-33(4,5)25-13-19-31(18-12-16-28)21-22-32-20-14-26-34(6,7)24-11-9-17-29(2)30(3)27-32/h27-31H,8-20,23-26H2,1-7H3. The van der Waals surface area contributed by atoms with E-state index in [9.17, 15) is 0 Å². The molecule has 0 aliphatic heterocycles. The Kier molecular flexibility index (Phi) is 12.8. The van der Waals surface area contributed by atoms with Gasteiger partial charge in [0, 0.05) is 5.92 Å². The van der Waals surface area contributed by atoms with Crippen molar-refractivity contribution in [1.29, 1.82) is 0 Å².